The highest BCUT2D eigenvalue weighted by Crippen LogP contribution is 2.41. The van der Waals surface area contributed by atoms with Crippen LogP contribution in [0.2, 0.25) is 0 Å². The van der Waals surface area contributed by atoms with Crippen molar-refractivity contribution in [1.29, 1.82) is 0 Å². The molecule has 2 aromatic carbocycles. The van der Waals surface area contributed by atoms with Crippen molar-refractivity contribution < 1.29 is 14.3 Å². The van der Waals surface area contributed by atoms with Crippen molar-refractivity contribution in [2.24, 2.45) is 5.73 Å². The molecule has 1 amide bonds. The molecule has 0 spiro atoms. The minimum absolute atomic E-state index is 0.0161. The number of methoxy groups -OCH3 is 2. The zero-order valence-electron chi connectivity index (χ0n) is 20.7. The number of amides is 1. The van der Waals surface area contributed by atoms with Crippen LogP contribution in [0, 0.1) is 0 Å². The third kappa shape index (κ3) is 4.47. The Morgan fingerprint density at radius 2 is 1.83 bits per heavy atom. The number of benzene rings is 2. The van der Waals surface area contributed by atoms with E-state index in [1.807, 2.05) is 27.7 Å². The van der Waals surface area contributed by atoms with E-state index >= 15 is 0 Å². The van der Waals surface area contributed by atoms with Crippen LogP contribution in [-0.2, 0) is 27.7 Å². The SMILES string of the molecule is COc1ccc(-c2nnc3n2CC(=O)N([C@H]2CC[C@@](CN)(c4cccc(CI)c4)CC2)C3)cc1OC. The highest BCUT2D eigenvalue weighted by molar-refractivity contribution is 14.1. The van der Waals surface area contributed by atoms with Gasteiger partial charge >= 0.3 is 0 Å². The molecule has 1 aliphatic heterocycles. The van der Waals surface area contributed by atoms with Crippen molar-refractivity contribution in [1.82, 2.24) is 19.7 Å². The minimum atomic E-state index is -0.0161. The van der Waals surface area contributed by atoms with Gasteiger partial charge in [0.15, 0.2) is 23.1 Å². The second-order valence-corrected chi connectivity index (χ2v) is 10.4. The Morgan fingerprint density at radius 1 is 1.06 bits per heavy atom. The number of hydrogen-bond acceptors (Lipinski definition) is 6. The van der Waals surface area contributed by atoms with Crippen molar-refractivity contribution in [3.63, 3.8) is 0 Å². The van der Waals surface area contributed by atoms with E-state index in [0.29, 0.717) is 30.4 Å². The number of carbonyl (C=O) groups is 1. The van der Waals surface area contributed by atoms with Crippen LogP contribution >= 0.6 is 22.6 Å². The summed E-state index contributed by atoms with van der Waals surface area (Å²) in [4.78, 5) is 15.3. The lowest BCUT2D eigenvalue weighted by Gasteiger charge is -2.44. The number of carbonyl (C=O) groups excluding carboxylic acids is 1. The summed E-state index contributed by atoms with van der Waals surface area (Å²) in [5, 5.41) is 8.87. The fourth-order valence-corrected chi connectivity index (χ4v) is 6.14. The van der Waals surface area contributed by atoms with E-state index in [4.69, 9.17) is 15.2 Å². The van der Waals surface area contributed by atoms with Crippen molar-refractivity contribution in [2.45, 2.75) is 54.7 Å². The van der Waals surface area contributed by atoms with Gasteiger partial charge in [0.25, 0.3) is 0 Å². The Balaban J connectivity index is 1.33. The molecular formula is C27H32IN5O3. The first-order chi connectivity index (χ1) is 17.5. The summed E-state index contributed by atoms with van der Waals surface area (Å²) in [6.07, 6.45) is 3.83. The van der Waals surface area contributed by atoms with Crippen LogP contribution in [0.15, 0.2) is 42.5 Å². The lowest BCUT2D eigenvalue weighted by molar-refractivity contribution is -0.137. The Morgan fingerprint density at radius 3 is 2.53 bits per heavy atom. The molecule has 0 atom stereocenters. The van der Waals surface area contributed by atoms with Gasteiger partial charge in [-0.15, -0.1) is 10.2 Å². The minimum Gasteiger partial charge on any atom is -0.493 e. The summed E-state index contributed by atoms with van der Waals surface area (Å²) in [7, 11) is 3.21. The van der Waals surface area contributed by atoms with E-state index in [1.165, 1.54) is 11.1 Å². The number of rotatable bonds is 7. The number of nitrogens with zero attached hydrogens (tertiary/aromatic N) is 4. The number of halogens is 1. The summed E-state index contributed by atoms with van der Waals surface area (Å²) in [5.41, 5.74) is 9.84. The zero-order chi connectivity index (χ0) is 25.3. The molecule has 2 N–H and O–H groups in total. The number of nitrogens with two attached hydrogens (primary N) is 1. The van der Waals surface area contributed by atoms with Crippen LogP contribution in [0.3, 0.4) is 0 Å². The number of fused-ring (bicyclic) bond motifs is 1. The van der Waals surface area contributed by atoms with Crippen molar-refractivity contribution in [2.75, 3.05) is 20.8 Å². The molecule has 190 valence electrons. The van der Waals surface area contributed by atoms with E-state index in [-0.39, 0.29) is 23.9 Å². The third-order valence-electron chi connectivity index (χ3n) is 7.83. The van der Waals surface area contributed by atoms with Gasteiger partial charge in [-0.3, -0.25) is 9.36 Å². The first-order valence-corrected chi connectivity index (χ1v) is 13.8. The molecule has 1 aliphatic carbocycles. The summed E-state index contributed by atoms with van der Waals surface area (Å²) in [6, 6.07) is 14.7. The van der Waals surface area contributed by atoms with Gasteiger partial charge in [-0.25, -0.2) is 0 Å². The fourth-order valence-electron chi connectivity index (χ4n) is 5.67. The molecule has 0 unspecified atom stereocenters. The number of ether oxygens (including phenoxy) is 2. The van der Waals surface area contributed by atoms with Crippen LogP contribution in [-0.4, -0.2) is 52.4 Å². The van der Waals surface area contributed by atoms with Gasteiger partial charge < -0.3 is 20.1 Å². The maximum absolute atomic E-state index is 13.3. The van der Waals surface area contributed by atoms with Gasteiger partial charge in [0, 0.05) is 28.0 Å². The largest absolute Gasteiger partial charge is 0.493 e. The van der Waals surface area contributed by atoms with Crippen LogP contribution < -0.4 is 15.2 Å². The standard InChI is InChI=1S/C27H32IN5O3/c1-35-22-7-6-19(13-23(22)36-2)26-31-30-24-15-32(25(34)16-33(24)26)21-8-10-27(17-29,11-9-21)20-5-3-4-18(12-20)14-28/h3-7,12-13,21H,8-11,14-17,29H2,1-2H3/t21-,27+. The highest BCUT2D eigenvalue weighted by atomic mass is 127. The van der Waals surface area contributed by atoms with Gasteiger partial charge in [0.2, 0.25) is 5.91 Å². The van der Waals surface area contributed by atoms with E-state index < -0.39 is 0 Å². The molecule has 3 aromatic rings. The lowest BCUT2D eigenvalue weighted by atomic mass is 9.67. The van der Waals surface area contributed by atoms with Crippen molar-refractivity contribution in [3.8, 4) is 22.9 Å². The average molecular weight is 601 g/mol. The molecule has 2 heterocycles. The topological polar surface area (TPSA) is 95.5 Å². The van der Waals surface area contributed by atoms with Crippen molar-refractivity contribution in [3.05, 3.63) is 59.4 Å². The summed E-state index contributed by atoms with van der Waals surface area (Å²) in [5.74, 6) is 2.85. The Labute approximate surface area is 225 Å². The van der Waals surface area contributed by atoms with E-state index in [9.17, 15) is 4.79 Å². The van der Waals surface area contributed by atoms with Gasteiger partial charge in [0.05, 0.1) is 20.8 Å². The molecule has 9 heteroatoms. The Bertz CT molecular complexity index is 1250. The quantitative estimate of drug-likeness (QED) is 0.324. The molecule has 36 heavy (non-hydrogen) atoms. The molecule has 1 fully saturated rings. The first-order valence-electron chi connectivity index (χ1n) is 12.3. The van der Waals surface area contributed by atoms with E-state index in [0.717, 1.165) is 41.5 Å². The summed E-state index contributed by atoms with van der Waals surface area (Å²) < 4.78 is 13.7. The van der Waals surface area contributed by atoms with Crippen LogP contribution in [0.25, 0.3) is 11.4 Å². The summed E-state index contributed by atoms with van der Waals surface area (Å²) >= 11 is 2.40. The third-order valence-corrected chi connectivity index (χ3v) is 8.71. The Hall–Kier alpha value is -2.66. The molecule has 5 rings (SSSR count). The van der Waals surface area contributed by atoms with E-state index in [1.54, 1.807) is 14.2 Å². The van der Waals surface area contributed by atoms with Crippen molar-refractivity contribution >= 4 is 28.5 Å². The molecule has 0 radical (unpaired) electrons. The van der Waals surface area contributed by atoms with Gasteiger partial charge in [-0.1, -0.05) is 46.9 Å². The molecule has 1 aromatic heterocycles. The zero-order valence-corrected chi connectivity index (χ0v) is 22.9. The predicted octanol–water partition coefficient (Wildman–Crippen LogP) is 4.08. The molecular weight excluding hydrogens is 569 g/mol. The van der Waals surface area contributed by atoms with Gasteiger partial charge in [-0.05, 0) is 55.0 Å². The number of alkyl halides is 1. The molecule has 8 nitrogen and oxygen atoms in total. The number of aromatic nitrogens is 3. The first kappa shape index (κ1) is 25.0. The molecule has 2 aliphatic rings. The van der Waals surface area contributed by atoms with E-state index in [2.05, 4.69) is 57.1 Å². The maximum Gasteiger partial charge on any atom is 0.243 e. The lowest BCUT2D eigenvalue weighted by Crippen LogP contribution is -2.50. The van der Waals surface area contributed by atoms with Gasteiger partial charge in [0.1, 0.15) is 6.54 Å². The van der Waals surface area contributed by atoms with Crippen LogP contribution in [0.4, 0.5) is 0 Å². The number of hydrogen-bond donors (Lipinski definition) is 1. The maximum atomic E-state index is 13.3. The molecule has 0 bridgehead atoms. The highest BCUT2D eigenvalue weighted by Gasteiger charge is 2.40. The normalized spacial score (nSPS) is 21.8. The van der Waals surface area contributed by atoms with Gasteiger partial charge in [-0.2, -0.15) is 0 Å². The van der Waals surface area contributed by atoms with Crippen LogP contribution in [0.5, 0.6) is 11.5 Å². The smallest absolute Gasteiger partial charge is 0.243 e. The fraction of sp³-hybridized carbons (Fsp3) is 0.444. The Kier molecular flexibility index (Phi) is 7.21. The molecule has 1 saturated carbocycles. The average Bonchev–Trinajstić information content (AvgIpc) is 3.34. The summed E-state index contributed by atoms with van der Waals surface area (Å²) in [6.45, 7) is 1.34. The van der Waals surface area contributed by atoms with Crippen LogP contribution in [0.1, 0.15) is 42.6 Å². The monoisotopic (exact) mass is 601 g/mol. The second-order valence-electron chi connectivity index (χ2n) is 9.67. The second kappa shape index (κ2) is 10.4. The predicted molar refractivity (Wildman–Crippen MR) is 146 cm³/mol. The molecule has 0 saturated heterocycles.